The summed E-state index contributed by atoms with van der Waals surface area (Å²) in [5.74, 6) is -5.67. The lowest BCUT2D eigenvalue weighted by Gasteiger charge is -2.36. The number of nitrogens with zero attached hydrogens (tertiary/aromatic N) is 1. The van der Waals surface area contributed by atoms with Crippen LogP contribution in [0.4, 0.5) is 26.3 Å². The minimum absolute atomic E-state index is 0.0813. The molecule has 118 valence electrons. The van der Waals surface area contributed by atoms with Crippen LogP contribution in [0.1, 0.15) is 19.8 Å². The molecule has 0 saturated carbocycles. The predicted molar refractivity (Wildman–Crippen MR) is 63.3 cm³/mol. The molecule has 1 saturated heterocycles. The van der Waals surface area contributed by atoms with Crippen LogP contribution in [0, 0.1) is 11.8 Å². The van der Waals surface area contributed by atoms with Crippen molar-refractivity contribution in [3.8, 4) is 0 Å². The summed E-state index contributed by atoms with van der Waals surface area (Å²) in [6.07, 6.45) is -10.5. The maximum Gasteiger partial charge on any atom is 0.409 e. The highest BCUT2D eigenvalue weighted by molar-refractivity contribution is 9.09. The van der Waals surface area contributed by atoms with Crippen molar-refractivity contribution in [2.75, 3.05) is 13.1 Å². The number of hydrogen-bond acceptors (Lipinski definition) is 1. The number of halogens is 7. The zero-order chi connectivity index (χ0) is 15.7. The summed E-state index contributed by atoms with van der Waals surface area (Å²) in [7, 11) is 0. The SMILES string of the molecule is CC(Br)C1CCN(C(=O)C(C(F)(F)F)C(F)(F)F)CC1. The van der Waals surface area contributed by atoms with Gasteiger partial charge in [-0.15, -0.1) is 0 Å². The van der Waals surface area contributed by atoms with E-state index in [1.807, 2.05) is 6.92 Å². The Labute approximate surface area is 120 Å². The van der Waals surface area contributed by atoms with E-state index < -0.39 is 24.2 Å². The van der Waals surface area contributed by atoms with Crippen LogP contribution in [-0.2, 0) is 4.79 Å². The molecule has 0 aromatic carbocycles. The Kier molecular flexibility index (Phi) is 5.37. The molecule has 0 bridgehead atoms. The van der Waals surface area contributed by atoms with Crippen molar-refractivity contribution < 1.29 is 31.1 Å². The fourth-order valence-corrected chi connectivity index (χ4v) is 2.76. The van der Waals surface area contributed by atoms with E-state index >= 15 is 0 Å². The Hall–Kier alpha value is -0.470. The molecule has 1 rings (SSSR count). The summed E-state index contributed by atoms with van der Waals surface area (Å²) in [6, 6.07) is 0. The van der Waals surface area contributed by atoms with Crippen molar-refractivity contribution in [3.63, 3.8) is 0 Å². The van der Waals surface area contributed by atoms with Crippen LogP contribution in [0.2, 0.25) is 0 Å². The number of carbonyl (C=O) groups excluding carboxylic acids is 1. The van der Waals surface area contributed by atoms with E-state index in [0.29, 0.717) is 17.7 Å². The highest BCUT2D eigenvalue weighted by Crippen LogP contribution is 2.41. The number of rotatable bonds is 2. The second-order valence-corrected chi connectivity index (χ2v) is 6.30. The van der Waals surface area contributed by atoms with Gasteiger partial charge in [0.1, 0.15) is 0 Å². The summed E-state index contributed by atoms with van der Waals surface area (Å²) in [4.78, 5) is 12.3. The van der Waals surface area contributed by atoms with Crippen molar-refractivity contribution in [1.82, 2.24) is 4.90 Å². The molecule has 0 radical (unpaired) electrons. The molecule has 1 aliphatic rings. The van der Waals surface area contributed by atoms with Crippen molar-refractivity contribution in [2.24, 2.45) is 11.8 Å². The third-order valence-corrected chi connectivity index (χ3v) is 4.15. The number of alkyl halides is 7. The van der Waals surface area contributed by atoms with E-state index in [9.17, 15) is 31.1 Å². The average Bonchev–Trinajstić information content (AvgIpc) is 2.25. The molecule has 1 aliphatic heterocycles. The fraction of sp³-hybridized carbons (Fsp3) is 0.909. The summed E-state index contributed by atoms with van der Waals surface area (Å²) < 4.78 is 74.7. The highest BCUT2D eigenvalue weighted by Gasteiger charge is 2.62. The number of piperidine rings is 1. The van der Waals surface area contributed by atoms with E-state index in [-0.39, 0.29) is 23.8 Å². The molecule has 20 heavy (non-hydrogen) atoms. The first-order chi connectivity index (χ1) is 8.94. The zero-order valence-corrected chi connectivity index (χ0v) is 12.1. The molecule has 2 nitrogen and oxygen atoms in total. The Morgan fingerprint density at radius 3 is 1.80 bits per heavy atom. The van der Waals surface area contributed by atoms with Gasteiger partial charge < -0.3 is 4.90 Å². The first-order valence-corrected chi connectivity index (χ1v) is 6.92. The molecule has 0 aromatic heterocycles. The molecule has 9 heteroatoms. The molecule has 1 atom stereocenters. The van der Waals surface area contributed by atoms with E-state index in [2.05, 4.69) is 15.9 Å². The molecule has 0 aromatic rings. The second kappa shape index (κ2) is 6.11. The van der Waals surface area contributed by atoms with Crippen LogP contribution in [-0.4, -0.2) is 41.1 Å². The Bertz CT molecular complexity index is 332. The minimum atomic E-state index is -5.62. The van der Waals surface area contributed by atoms with Gasteiger partial charge in [0.15, 0.2) is 0 Å². The summed E-state index contributed by atoms with van der Waals surface area (Å²) >= 11 is 3.32. The van der Waals surface area contributed by atoms with Gasteiger partial charge in [-0.25, -0.2) is 0 Å². The predicted octanol–water partition coefficient (Wildman–Crippen LogP) is 3.75. The minimum Gasteiger partial charge on any atom is -0.342 e. The molecule has 0 N–H and O–H groups in total. The zero-order valence-electron chi connectivity index (χ0n) is 10.6. The van der Waals surface area contributed by atoms with Crippen molar-refractivity contribution >= 4 is 21.8 Å². The van der Waals surface area contributed by atoms with E-state index in [0.717, 1.165) is 0 Å². The highest BCUT2D eigenvalue weighted by atomic mass is 79.9. The lowest BCUT2D eigenvalue weighted by Crippen LogP contribution is -2.51. The van der Waals surface area contributed by atoms with Gasteiger partial charge in [0.25, 0.3) is 0 Å². The summed E-state index contributed by atoms with van der Waals surface area (Å²) in [5.41, 5.74) is 0. The fourth-order valence-electron chi connectivity index (χ4n) is 2.23. The van der Waals surface area contributed by atoms with Gasteiger partial charge in [-0.2, -0.15) is 26.3 Å². The normalized spacial score (nSPS) is 20.4. The maximum absolute atomic E-state index is 12.5. The lowest BCUT2D eigenvalue weighted by atomic mass is 9.93. The van der Waals surface area contributed by atoms with Crippen LogP contribution >= 0.6 is 15.9 Å². The number of hydrogen-bond donors (Lipinski definition) is 0. The molecular formula is C11H14BrF6NO. The van der Waals surface area contributed by atoms with Crippen LogP contribution < -0.4 is 0 Å². The molecule has 1 fully saturated rings. The number of likely N-dealkylation sites (tertiary alicyclic amines) is 1. The summed E-state index contributed by atoms with van der Waals surface area (Å²) in [5, 5.41) is 0. The second-order valence-electron chi connectivity index (χ2n) is 4.86. The largest absolute Gasteiger partial charge is 0.409 e. The quantitative estimate of drug-likeness (QED) is 0.536. The molecule has 0 aliphatic carbocycles. The van der Waals surface area contributed by atoms with Gasteiger partial charge in [0, 0.05) is 17.9 Å². The Morgan fingerprint density at radius 1 is 1.10 bits per heavy atom. The van der Waals surface area contributed by atoms with Gasteiger partial charge in [0.2, 0.25) is 11.8 Å². The van der Waals surface area contributed by atoms with Crippen molar-refractivity contribution in [2.45, 2.75) is 36.9 Å². The van der Waals surface area contributed by atoms with E-state index in [4.69, 9.17) is 0 Å². The number of amides is 1. The number of carbonyl (C=O) groups is 1. The molecular weight excluding hydrogens is 356 g/mol. The molecule has 0 spiro atoms. The van der Waals surface area contributed by atoms with Crippen LogP contribution in [0.5, 0.6) is 0 Å². The van der Waals surface area contributed by atoms with Crippen molar-refractivity contribution in [1.29, 1.82) is 0 Å². The van der Waals surface area contributed by atoms with Gasteiger partial charge >= 0.3 is 12.4 Å². The molecule has 1 unspecified atom stereocenters. The average molecular weight is 370 g/mol. The standard InChI is InChI=1S/C11H14BrF6NO/c1-6(12)7-2-4-19(5-3-7)9(20)8(10(13,14)15)11(16,17)18/h6-8H,2-5H2,1H3. The van der Waals surface area contributed by atoms with E-state index in [1.54, 1.807) is 0 Å². The van der Waals surface area contributed by atoms with Gasteiger partial charge in [-0.05, 0) is 18.8 Å². The third kappa shape index (κ3) is 4.26. The Balaban J connectivity index is 2.78. The van der Waals surface area contributed by atoms with Gasteiger partial charge in [0.05, 0.1) is 0 Å². The molecule has 1 heterocycles. The van der Waals surface area contributed by atoms with Crippen LogP contribution in [0.25, 0.3) is 0 Å². The third-order valence-electron chi connectivity index (χ3n) is 3.40. The maximum atomic E-state index is 12.5. The first kappa shape index (κ1) is 17.6. The molecule has 1 amide bonds. The van der Waals surface area contributed by atoms with Gasteiger partial charge in [-0.3, -0.25) is 4.79 Å². The van der Waals surface area contributed by atoms with Crippen LogP contribution in [0.3, 0.4) is 0 Å². The summed E-state index contributed by atoms with van der Waals surface area (Å²) in [6.45, 7) is 1.70. The monoisotopic (exact) mass is 369 g/mol. The first-order valence-electron chi connectivity index (χ1n) is 6.01. The smallest absolute Gasteiger partial charge is 0.342 e. The lowest BCUT2D eigenvalue weighted by molar-refractivity contribution is -0.277. The van der Waals surface area contributed by atoms with Crippen molar-refractivity contribution in [3.05, 3.63) is 0 Å². The Morgan fingerprint density at radius 2 is 1.50 bits per heavy atom. The van der Waals surface area contributed by atoms with Gasteiger partial charge in [-0.1, -0.05) is 22.9 Å². The van der Waals surface area contributed by atoms with Crippen LogP contribution in [0.15, 0.2) is 0 Å². The topological polar surface area (TPSA) is 20.3 Å². The van der Waals surface area contributed by atoms with E-state index in [1.165, 1.54) is 0 Å².